The van der Waals surface area contributed by atoms with Crippen LogP contribution < -0.4 is 9.62 Å². The van der Waals surface area contributed by atoms with E-state index in [1.165, 1.54) is 22.5 Å². The monoisotopic (exact) mass is 432 g/mol. The first-order chi connectivity index (χ1) is 13.1. The van der Waals surface area contributed by atoms with Crippen molar-refractivity contribution in [1.82, 2.24) is 0 Å². The maximum Gasteiger partial charge on any atom is 0.416 e. The topological polar surface area (TPSA) is 66.5 Å². The van der Waals surface area contributed by atoms with Gasteiger partial charge in [0.1, 0.15) is 0 Å². The van der Waals surface area contributed by atoms with Gasteiger partial charge in [0.25, 0.3) is 5.91 Å². The number of benzene rings is 2. The quantitative estimate of drug-likeness (QED) is 0.774. The molecule has 150 valence electrons. The van der Waals surface area contributed by atoms with E-state index in [1.807, 2.05) is 0 Å². The van der Waals surface area contributed by atoms with E-state index in [0.29, 0.717) is 25.1 Å². The number of amides is 1. The van der Waals surface area contributed by atoms with Crippen LogP contribution in [0.15, 0.2) is 42.5 Å². The Balaban J connectivity index is 1.84. The first-order valence-electron chi connectivity index (χ1n) is 8.36. The molecule has 0 spiro atoms. The summed E-state index contributed by atoms with van der Waals surface area (Å²) in [6.07, 6.45) is -3.19. The zero-order valence-electron chi connectivity index (χ0n) is 14.5. The van der Waals surface area contributed by atoms with Crippen molar-refractivity contribution in [2.24, 2.45) is 0 Å². The van der Waals surface area contributed by atoms with Crippen LogP contribution in [0.5, 0.6) is 0 Å². The van der Waals surface area contributed by atoms with Crippen molar-refractivity contribution in [3.05, 3.63) is 58.6 Å². The van der Waals surface area contributed by atoms with Crippen molar-refractivity contribution in [1.29, 1.82) is 0 Å². The number of hydrogen-bond acceptors (Lipinski definition) is 3. The lowest BCUT2D eigenvalue weighted by atomic mass is 10.1. The second-order valence-corrected chi connectivity index (χ2v) is 8.71. The van der Waals surface area contributed by atoms with Crippen molar-refractivity contribution < 1.29 is 26.4 Å². The largest absolute Gasteiger partial charge is 0.416 e. The second kappa shape index (κ2) is 7.63. The number of anilines is 2. The second-order valence-electron chi connectivity index (χ2n) is 6.29. The molecule has 1 fully saturated rings. The summed E-state index contributed by atoms with van der Waals surface area (Å²) in [5, 5.41) is 2.57. The van der Waals surface area contributed by atoms with Crippen LogP contribution in [0.2, 0.25) is 5.02 Å². The van der Waals surface area contributed by atoms with Gasteiger partial charge in [-0.05, 0) is 55.3 Å². The van der Waals surface area contributed by atoms with Crippen LogP contribution in [0.25, 0.3) is 0 Å². The number of halogens is 4. The smallest absolute Gasteiger partial charge is 0.322 e. The maximum atomic E-state index is 12.6. The summed E-state index contributed by atoms with van der Waals surface area (Å²) in [6, 6.07) is 8.27. The Morgan fingerprint density at radius 1 is 1.07 bits per heavy atom. The summed E-state index contributed by atoms with van der Waals surface area (Å²) in [6.45, 7) is 0.309. The molecular formula is C18H16ClF3N2O3S. The average Bonchev–Trinajstić information content (AvgIpc) is 2.61. The third-order valence-electron chi connectivity index (χ3n) is 4.30. The van der Waals surface area contributed by atoms with E-state index in [1.54, 1.807) is 0 Å². The Morgan fingerprint density at radius 2 is 1.75 bits per heavy atom. The number of rotatable bonds is 3. The van der Waals surface area contributed by atoms with Crippen molar-refractivity contribution in [3.8, 4) is 0 Å². The van der Waals surface area contributed by atoms with Gasteiger partial charge in [-0.15, -0.1) is 0 Å². The van der Waals surface area contributed by atoms with Crippen LogP contribution >= 0.6 is 11.6 Å². The fourth-order valence-corrected chi connectivity index (χ4v) is 4.70. The highest BCUT2D eigenvalue weighted by atomic mass is 35.5. The van der Waals surface area contributed by atoms with Gasteiger partial charge in [-0.25, -0.2) is 8.42 Å². The van der Waals surface area contributed by atoms with Crippen molar-refractivity contribution >= 4 is 38.9 Å². The highest BCUT2D eigenvalue weighted by Gasteiger charge is 2.30. The van der Waals surface area contributed by atoms with Gasteiger partial charge >= 0.3 is 6.18 Å². The number of carbonyl (C=O) groups is 1. The van der Waals surface area contributed by atoms with Crippen LogP contribution in [0.4, 0.5) is 24.5 Å². The third kappa shape index (κ3) is 4.41. The van der Waals surface area contributed by atoms with Gasteiger partial charge in [-0.1, -0.05) is 11.6 Å². The number of alkyl halides is 3. The number of carbonyl (C=O) groups excluding carboxylic acids is 1. The molecule has 1 N–H and O–H groups in total. The SMILES string of the molecule is O=C(Nc1ccc(C(F)(F)F)cc1)c1cc(N2CCCCS2(=O)=O)ccc1Cl. The highest BCUT2D eigenvalue weighted by molar-refractivity contribution is 7.92. The van der Waals surface area contributed by atoms with E-state index < -0.39 is 27.7 Å². The lowest BCUT2D eigenvalue weighted by Crippen LogP contribution is -2.38. The standard InChI is InChI=1S/C18H16ClF3N2O3S/c19-16-8-7-14(24-9-1-2-10-28(24,26)27)11-15(16)17(25)23-13-5-3-12(4-6-13)18(20,21)22/h3-8,11H,1-2,9-10H2,(H,23,25). The zero-order valence-corrected chi connectivity index (χ0v) is 16.0. The summed E-state index contributed by atoms with van der Waals surface area (Å²) >= 11 is 6.07. The minimum Gasteiger partial charge on any atom is -0.322 e. The van der Waals surface area contributed by atoms with Crippen molar-refractivity contribution in [2.75, 3.05) is 21.9 Å². The molecule has 3 rings (SSSR count). The molecule has 2 aromatic rings. The molecule has 1 saturated heterocycles. The van der Waals surface area contributed by atoms with E-state index >= 15 is 0 Å². The van der Waals surface area contributed by atoms with Crippen molar-refractivity contribution in [2.45, 2.75) is 19.0 Å². The Labute approximate surface area is 165 Å². The summed E-state index contributed by atoms with van der Waals surface area (Å²) < 4.78 is 63.6. The first kappa shape index (κ1) is 20.5. The van der Waals surface area contributed by atoms with Gasteiger partial charge in [-0.3, -0.25) is 9.10 Å². The fraction of sp³-hybridized carbons (Fsp3) is 0.278. The minimum absolute atomic E-state index is 0.0276. The predicted octanol–water partition coefficient (Wildman–Crippen LogP) is 4.54. The minimum atomic E-state index is -4.47. The van der Waals surface area contributed by atoms with Gasteiger partial charge in [-0.2, -0.15) is 13.2 Å². The van der Waals surface area contributed by atoms with E-state index in [-0.39, 0.29) is 22.0 Å². The molecule has 0 aromatic heterocycles. The summed E-state index contributed by atoms with van der Waals surface area (Å²) in [4.78, 5) is 12.5. The number of nitrogens with one attached hydrogen (secondary N) is 1. The average molecular weight is 433 g/mol. The van der Waals surface area contributed by atoms with Gasteiger partial charge in [0.2, 0.25) is 10.0 Å². The molecular weight excluding hydrogens is 417 g/mol. The molecule has 2 aromatic carbocycles. The Morgan fingerprint density at radius 3 is 2.36 bits per heavy atom. The molecule has 1 amide bonds. The Kier molecular flexibility index (Phi) is 5.58. The molecule has 1 aliphatic heterocycles. The molecule has 0 bridgehead atoms. The van der Waals surface area contributed by atoms with Crippen LogP contribution in [0, 0.1) is 0 Å². The first-order valence-corrected chi connectivity index (χ1v) is 10.4. The zero-order chi connectivity index (χ0) is 20.5. The van der Waals surface area contributed by atoms with E-state index in [2.05, 4.69) is 5.32 Å². The van der Waals surface area contributed by atoms with Gasteiger partial charge < -0.3 is 5.32 Å². The Hall–Kier alpha value is -2.26. The fourth-order valence-electron chi connectivity index (χ4n) is 2.86. The molecule has 0 atom stereocenters. The van der Waals surface area contributed by atoms with Crippen molar-refractivity contribution in [3.63, 3.8) is 0 Å². The Bertz CT molecular complexity index is 992. The molecule has 0 saturated carbocycles. The van der Waals surface area contributed by atoms with Gasteiger partial charge in [0.05, 0.1) is 27.6 Å². The molecule has 0 radical (unpaired) electrons. The van der Waals surface area contributed by atoms with E-state index in [4.69, 9.17) is 11.6 Å². The molecule has 28 heavy (non-hydrogen) atoms. The van der Waals surface area contributed by atoms with Crippen LogP contribution in [-0.4, -0.2) is 26.6 Å². The normalized spacial score (nSPS) is 16.6. The summed E-state index contributed by atoms with van der Waals surface area (Å²) in [5.74, 6) is -0.621. The maximum absolute atomic E-state index is 12.6. The molecule has 10 heteroatoms. The third-order valence-corrected chi connectivity index (χ3v) is 6.50. The van der Waals surface area contributed by atoms with Crippen LogP contribution in [-0.2, 0) is 16.2 Å². The van der Waals surface area contributed by atoms with E-state index in [0.717, 1.165) is 24.3 Å². The molecule has 5 nitrogen and oxygen atoms in total. The number of hydrogen-bond donors (Lipinski definition) is 1. The predicted molar refractivity (Wildman–Crippen MR) is 101 cm³/mol. The van der Waals surface area contributed by atoms with Crippen LogP contribution in [0.3, 0.4) is 0 Å². The molecule has 1 aliphatic rings. The van der Waals surface area contributed by atoms with Crippen LogP contribution in [0.1, 0.15) is 28.8 Å². The highest BCUT2D eigenvalue weighted by Crippen LogP contribution is 2.31. The summed E-state index contributed by atoms with van der Waals surface area (Å²) in [5.41, 5.74) is -0.326. The lowest BCUT2D eigenvalue weighted by molar-refractivity contribution is -0.137. The van der Waals surface area contributed by atoms with Gasteiger partial charge in [0.15, 0.2) is 0 Å². The molecule has 1 heterocycles. The molecule has 0 aliphatic carbocycles. The molecule has 0 unspecified atom stereocenters. The lowest BCUT2D eigenvalue weighted by Gasteiger charge is -2.28. The summed E-state index contributed by atoms with van der Waals surface area (Å²) in [7, 11) is -3.46. The van der Waals surface area contributed by atoms with E-state index in [9.17, 15) is 26.4 Å². The number of sulfonamides is 1. The van der Waals surface area contributed by atoms with Gasteiger partial charge in [0, 0.05) is 12.2 Å². The number of nitrogens with zero attached hydrogens (tertiary/aromatic N) is 1.